The Morgan fingerprint density at radius 1 is 1.22 bits per heavy atom. The first kappa shape index (κ1) is 14.7. The molecule has 1 aromatic carbocycles. The Bertz CT molecular complexity index is 387. The molecule has 0 aliphatic heterocycles. The molecule has 0 unspecified atom stereocenters. The summed E-state index contributed by atoms with van der Waals surface area (Å²) in [6.45, 7) is 10.7. The number of carbonyl (C=O) groups is 1. The third-order valence-corrected chi connectivity index (χ3v) is 3.11. The highest BCUT2D eigenvalue weighted by atomic mass is 16.1. The van der Waals surface area contributed by atoms with Crippen molar-refractivity contribution in [3.63, 3.8) is 0 Å². The van der Waals surface area contributed by atoms with E-state index < -0.39 is 0 Å². The summed E-state index contributed by atoms with van der Waals surface area (Å²) in [7, 11) is 0. The maximum absolute atomic E-state index is 12.0. The van der Waals surface area contributed by atoms with Gasteiger partial charge in [-0.25, -0.2) is 0 Å². The molecule has 1 amide bonds. The van der Waals surface area contributed by atoms with Crippen LogP contribution in [0.1, 0.15) is 63.4 Å². The van der Waals surface area contributed by atoms with E-state index in [0.717, 1.165) is 18.4 Å². The lowest BCUT2D eigenvalue weighted by Gasteiger charge is -2.19. The van der Waals surface area contributed by atoms with E-state index in [2.05, 4.69) is 33.0 Å². The molecule has 2 heteroatoms. The lowest BCUT2D eigenvalue weighted by atomic mass is 9.86. The van der Waals surface area contributed by atoms with Gasteiger partial charge in [-0.15, -0.1) is 0 Å². The molecular formula is C16H25NO. The summed E-state index contributed by atoms with van der Waals surface area (Å²) in [5.74, 6) is 0.0245. The van der Waals surface area contributed by atoms with E-state index in [1.807, 2.05) is 31.2 Å². The molecule has 0 spiro atoms. The number of benzene rings is 1. The van der Waals surface area contributed by atoms with E-state index >= 15 is 0 Å². The number of amides is 1. The van der Waals surface area contributed by atoms with E-state index in [1.165, 1.54) is 5.56 Å². The standard InChI is InChI=1S/C16H25NO/c1-6-7-12(2)17-15(18)13-8-10-14(11-9-13)16(3,4)5/h8-12H,6-7H2,1-5H3,(H,17,18)/t12-/m0/s1. The second-order valence-corrected chi connectivity index (χ2v) is 5.99. The summed E-state index contributed by atoms with van der Waals surface area (Å²) >= 11 is 0. The highest BCUT2D eigenvalue weighted by molar-refractivity contribution is 5.94. The maximum atomic E-state index is 12.0. The molecule has 1 N–H and O–H groups in total. The van der Waals surface area contributed by atoms with Crippen molar-refractivity contribution in [1.29, 1.82) is 0 Å². The van der Waals surface area contributed by atoms with Crippen LogP contribution >= 0.6 is 0 Å². The van der Waals surface area contributed by atoms with Crippen LogP contribution in [-0.2, 0) is 5.41 Å². The molecule has 0 aromatic heterocycles. The monoisotopic (exact) mass is 247 g/mol. The van der Waals surface area contributed by atoms with Gasteiger partial charge in [0, 0.05) is 11.6 Å². The van der Waals surface area contributed by atoms with E-state index in [9.17, 15) is 4.79 Å². The van der Waals surface area contributed by atoms with Gasteiger partial charge in [-0.05, 0) is 36.5 Å². The summed E-state index contributed by atoms with van der Waals surface area (Å²) in [4.78, 5) is 12.0. The minimum Gasteiger partial charge on any atom is -0.350 e. The molecule has 0 aliphatic carbocycles. The van der Waals surface area contributed by atoms with E-state index in [1.54, 1.807) is 0 Å². The van der Waals surface area contributed by atoms with E-state index in [-0.39, 0.29) is 17.4 Å². The van der Waals surface area contributed by atoms with Crippen LogP contribution in [0.2, 0.25) is 0 Å². The highest BCUT2D eigenvalue weighted by Crippen LogP contribution is 2.22. The highest BCUT2D eigenvalue weighted by Gasteiger charge is 2.14. The zero-order valence-corrected chi connectivity index (χ0v) is 12.2. The molecule has 1 rings (SSSR count). The van der Waals surface area contributed by atoms with Gasteiger partial charge in [-0.3, -0.25) is 4.79 Å². The van der Waals surface area contributed by atoms with Crippen molar-refractivity contribution in [3.05, 3.63) is 35.4 Å². The average molecular weight is 247 g/mol. The van der Waals surface area contributed by atoms with Gasteiger partial charge < -0.3 is 5.32 Å². The molecule has 1 atom stereocenters. The molecule has 0 fully saturated rings. The Kier molecular flexibility index (Phi) is 4.94. The first-order valence-electron chi connectivity index (χ1n) is 6.76. The summed E-state index contributed by atoms with van der Waals surface area (Å²) in [5, 5.41) is 3.02. The molecule has 0 bridgehead atoms. The molecule has 0 saturated carbocycles. The number of hydrogen-bond donors (Lipinski definition) is 1. The molecule has 0 aliphatic rings. The Hall–Kier alpha value is -1.31. The number of carbonyl (C=O) groups excluding carboxylic acids is 1. The molecule has 2 nitrogen and oxygen atoms in total. The van der Waals surface area contributed by atoms with Crippen LogP contribution in [0.4, 0.5) is 0 Å². The number of rotatable bonds is 4. The van der Waals surface area contributed by atoms with Crippen molar-refractivity contribution < 1.29 is 4.79 Å². The van der Waals surface area contributed by atoms with E-state index in [4.69, 9.17) is 0 Å². The minimum atomic E-state index is 0.0245. The van der Waals surface area contributed by atoms with Gasteiger partial charge in [-0.1, -0.05) is 46.2 Å². The summed E-state index contributed by atoms with van der Waals surface area (Å²) in [5.41, 5.74) is 2.12. The SMILES string of the molecule is CCC[C@H](C)NC(=O)c1ccc(C(C)(C)C)cc1. The molecule has 0 saturated heterocycles. The fourth-order valence-electron chi connectivity index (χ4n) is 1.93. The van der Waals surface area contributed by atoms with Crippen LogP contribution in [-0.4, -0.2) is 11.9 Å². The molecule has 100 valence electrons. The fourth-order valence-corrected chi connectivity index (χ4v) is 1.93. The van der Waals surface area contributed by atoms with Gasteiger partial charge in [0.1, 0.15) is 0 Å². The van der Waals surface area contributed by atoms with Gasteiger partial charge in [0.15, 0.2) is 0 Å². The summed E-state index contributed by atoms with van der Waals surface area (Å²) in [6.07, 6.45) is 2.11. The first-order valence-corrected chi connectivity index (χ1v) is 6.76. The van der Waals surface area contributed by atoms with Gasteiger partial charge in [0.05, 0.1) is 0 Å². The maximum Gasteiger partial charge on any atom is 0.251 e. The zero-order valence-electron chi connectivity index (χ0n) is 12.2. The molecule has 0 heterocycles. The normalized spacial score (nSPS) is 13.2. The van der Waals surface area contributed by atoms with Crippen LogP contribution in [0.5, 0.6) is 0 Å². The summed E-state index contributed by atoms with van der Waals surface area (Å²) < 4.78 is 0. The van der Waals surface area contributed by atoms with Crippen molar-refractivity contribution in [2.45, 2.75) is 58.9 Å². The zero-order chi connectivity index (χ0) is 13.8. The molecule has 1 aromatic rings. The second kappa shape index (κ2) is 6.03. The van der Waals surface area contributed by atoms with Crippen molar-refractivity contribution in [1.82, 2.24) is 5.32 Å². The average Bonchev–Trinajstić information content (AvgIpc) is 2.28. The van der Waals surface area contributed by atoms with E-state index in [0.29, 0.717) is 0 Å². The van der Waals surface area contributed by atoms with Crippen molar-refractivity contribution in [3.8, 4) is 0 Å². The van der Waals surface area contributed by atoms with Gasteiger partial charge in [0.25, 0.3) is 5.91 Å². The Morgan fingerprint density at radius 2 is 1.78 bits per heavy atom. The predicted octanol–water partition coefficient (Wildman–Crippen LogP) is 3.90. The van der Waals surface area contributed by atoms with Crippen LogP contribution in [0.3, 0.4) is 0 Å². The minimum absolute atomic E-state index is 0.0245. The third-order valence-electron chi connectivity index (χ3n) is 3.11. The summed E-state index contributed by atoms with van der Waals surface area (Å²) in [6, 6.07) is 8.15. The van der Waals surface area contributed by atoms with Gasteiger partial charge in [-0.2, -0.15) is 0 Å². The fraction of sp³-hybridized carbons (Fsp3) is 0.562. The Labute approximate surface area is 111 Å². The van der Waals surface area contributed by atoms with Crippen LogP contribution in [0, 0.1) is 0 Å². The largest absolute Gasteiger partial charge is 0.350 e. The van der Waals surface area contributed by atoms with Crippen molar-refractivity contribution >= 4 is 5.91 Å². The number of nitrogens with one attached hydrogen (secondary N) is 1. The smallest absolute Gasteiger partial charge is 0.251 e. The first-order chi connectivity index (χ1) is 8.34. The van der Waals surface area contributed by atoms with Crippen molar-refractivity contribution in [2.75, 3.05) is 0 Å². The quantitative estimate of drug-likeness (QED) is 0.859. The van der Waals surface area contributed by atoms with Crippen molar-refractivity contribution in [2.24, 2.45) is 0 Å². The Balaban J connectivity index is 2.71. The Morgan fingerprint density at radius 3 is 2.22 bits per heavy atom. The van der Waals surface area contributed by atoms with Crippen LogP contribution in [0.25, 0.3) is 0 Å². The topological polar surface area (TPSA) is 29.1 Å². The molecular weight excluding hydrogens is 222 g/mol. The third kappa shape index (κ3) is 4.17. The van der Waals surface area contributed by atoms with Crippen LogP contribution in [0.15, 0.2) is 24.3 Å². The lowest BCUT2D eigenvalue weighted by molar-refractivity contribution is 0.0938. The molecule has 0 radical (unpaired) electrons. The van der Waals surface area contributed by atoms with Gasteiger partial charge in [0.2, 0.25) is 0 Å². The van der Waals surface area contributed by atoms with Gasteiger partial charge >= 0.3 is 0 Å². The second-order valence-electron chi connectivity index (χ2n) is 5.99. The number of hydrogen-bond acceptors (Lipinski definition) is 1. The van der Waals surface area contributed by atoms with Crippen LogP contribution < -0.4 is 5.32 Å². The lowest BCUT2D eigenvalue weighted by Crippen LogP contribution is -2.32. The molecule has 18 heavy (non-hydrogen) atoms. The predicted molar refractivity (Wildman–Crippen MR) is 77.0 cm³/mol.